The van der Waals surface area contributed by atoms with Crippen LogP contribution < -0.4 is 5.32 Å². The van der Waals surface area contributed by atoms with Crippen LogP contribution in [0, 0.1) is 0 Å². The van der Waals surface area contributed by atoms with E-state index in [4.69, 9.17) is 4.74 Å². The van der Waals surface area contributed by atoms with Gasteiger partial charge in [0, 0.05) is 6.42 Å². The molecule has 2 aromatic rings. The molecule has 5 nitrogen and oxygen atoms in total. The maximum atomic E-state index is 12.3. The minimum absolute atomic E-state index is 0.187. The van der Waals surface area contributed by atoms with Gasteiger partial charge in [0.05, 0.1) is 12.7 Å². The van der Waals surface area contributed by atoms with Gasteiger partial charge in [-0.2, -0.15) is 0 Å². The molecule has 0 fully saturated rings. The van der Waals surface area contributed by atoms with E-state index in [0.29, 0.717) is 5.56 Å². The zero-order valence-electron chi connectivity index (χ0n) is 13.8. The lowest BCUT2D eigenvalue weighted by Gasteiger charge is -2.16. The molecule has 0 aliphatic heterocycles. The summed E-state index contributed by atoms with van der Waals surface area (Å²) in [6.45, 7) is 0. The molecular weight excluding hydrogens is 318 g/mol. The number of esters is 1. The van der Waals surface area contributed by atoms with Crippen LogP contribution in [0.3, 0.4) is 0 Å². The van der Waals surface area contributed by atoms with Gasteiger partial charge in [0.15, 0.2) is 0 Å². The fourth-order valence-corrected chi connectivity index (χ4v) is 2.28. The van der Waals surface area contributed by atoms with Gasteiger partial charge >= 0.3 is 5.97 Å². The second kappa shape index (κ2) is 9.17. The van der Waals surface area contributed by atoms with Gasteiger partial charge in [0.1, 0.15) is 6.04 Å². The second-order valence-electron chi connectivity index (χ2n) is 5.31. The van der Waals surface area contributed by atoms with E-state index < -0.39 is 17.9 Å². The number of carbonyl (C=O) groups excluding carboxylic acids is 3. The van der Waals surface area contributed by atoms with E-state index in [1.807, 2.05) is 36.4 Å². The third kappa shape index (κ3) is 5.42. The molecule has 0 bridgehead atoms. The molecule has 127 valence electrons. The first-order valence-corrected chi connectivity index (χ1v) is 7.71. The highest BCUT2D eigenvalue weighted by molar-refractivity contribution is 6.15. The fraction of sp³-hybridized carbons (Fsp3) is 0.150. The molecule has 1 unspecified atom stereocenters. The van der Waals surface area contributed by atoms with Gasteiger partial charge in [0.2, 0.25) is 6.29 Å². The van der Waals surface area contributed by atoms with Crippen molar-refractivity contribution in [1.82, 2.24) is 5.32 Å². The topological polar surface area (TPSA) is 72.5 Å². The van der Waals surface area contributed by atoms with E-state index in [-0.39, 0.29) is 12.0 Å². The first-order chi connectivity index (χ1) is 12.1. The van der Waals surface area contributed by atoms with Crippen molar-refractivity contribution in [2.24, 2.45) is 0 Å². The van der Waals surface area contributed by atoms with Gasteiger partial charge in [-0.1, -0.05) is 60.7 Å². The SMILES string of the molecule is COC(=O)C(Cc1ccccc1)NC(=O)C([C]=O)=Cc1ccccc1. The summed E-state index contributed by atoms with van der Waals surface area (Å²) in [5, 5.41) is 2.54. The van der Waals surface area contributed by atoms with Crippen molar-refractivity contribution in [2.75, 3.05) is 7.11 Å². The van der Waals surface area contributed by atoms with Crippen LogP contribution in [0.4, 0.5) is 0 Å². The molecule has 1 atom stereocenters. The molecular formula is C20H18NO4. The number of carbonyl (C=O) groups is 2. The largest absolute Gasteiger partial charge is 0.467 e. The molecule has 5 heteroatoms. The molecule has 0 heterocycles. The number of rotatable bonds is 7. The van der Waals surface area contributed by atoms with Crippen molar-refractivity contribution < 1.29 is 19.1 Å². The van der Waals surface area contributed by atoms with Crippen molar-refractivity contribution in [3.63, 3.8) is 0 Å². The molecule has 0 saturated carbocycles. The van der Waals surface area contributed by atoms with Crippen molar-refractivity contribution in [3.8, 4) is 0 Å². The molecule has 2 rings (SSSR count). The van der Waals surface area contributed by atoms with Crippen LogP contribution in [0.1, 0.15) is 11.1 Å². The van der Waals surface area contributed by atoms with Crippen LogP contribution in [0.15, 0.2) is 66.2 Å². The van der Waals surface area contributed by atoms with Gasteiger partial charge < -0.3 is 10.1 Å². The summed E-state index contributed by atoms with van der Waals surface area (Å²) in [5.41, 5.74) is 1.36. The van der Waals surface area contributed by atoms with Crippen molar-refractivity contribution in [3.05, 3.63) is 77.4 Å². The number of hydrogen-bond acceptors (Lipinski definition) is 4. The van der Waals surface area contributed by atoms with Gasteiger partial charge in [-0.15, -0.1) is 0 Å². The molecule has 0 aliphatic rings. The highest BCUT2D eigenvalue weighted by Gasteiger charge is 2.23. The van der Waals surface area contributed by atoms with E-state index in [9.17, 15) is 14.4 Å². The quantitative estimate of drug-likeness (QED) is 0.364. The molecule has 1 N–H and O–H groups in total. The lowest BCUT2D eigenvalue weighted by Crippen LogP contribution is -2.43. The summed E-state index contributed by atoms with van der Waals surface area (Å²) in [4.78, 5) is 35.5. The normalized spacial score (nSPS) is 12.1. The van der Waals surface area contributed by atoms with Crippen molar-refractivity contribution in [1.29, 1.82) is 0 Å². The van der Waals surface area contributed by atoms with Gasteiger partial charge in [-0.3, -0.25) is 9.59 Å². The summed E-state index contributed by atoms with van der Waals surface area (Å²) in [6, 6.07) is 17.2. The first-order valence-electron chi connectivity index (χ1n) is 7.71. The van der Waals surface area contributed by atoms with E-state index >= 15 is 0 Å². The third-order valence-electron chi connectivity index (χ3n) is 3.54. The first kappa shape index (κ1) is 18.1. The molecule has 0 aliphatic carbocycles. The summed E-state index contributed by atoms with van der Waals surface area (Å²) in [6.07, 6.45) is 3.30. The van der Waals surface area contributed by atoms with E-state index in [1.165, 1.54) is 13.2 Å². The molecule has 1 amide bonds. The zero-order chi connectivity index (χ0) is 18.1. The predicted molar refractivity (Wildman–Crippen MR) is 94.2 cm³/mol. The lowest BCUT2D eigenvalue weighted by molar-refractivity contribution is -0.144. The number of hydrogen-bond donors (Lipinski definition) is 1. The Kier molecular flexibility index (Phi) is 6.65. The Morgan fingerprint density at radius 1 is 1.08 bits per heavy atom. The number of ether oxygens (including phenoxy) is 1. The van der Waals surface area contributed by atoms with Crippen LogP contribution in [0.2, 0.25) is 0 Å². The zero-order valence-corrected chi connectivity index (χ0v) is 13.8. The third-order valence-corrected chi connectivity index (χ3v) is 3.54. The minimum atomic E-state index is -0.896. The van der Waals surface area contributed by atoms with E-state index in [2.05, 4.69) is 5.32 Å². The minimum Gasteiger partial charge on any atom is -0.467 e. The summed E-state index contributed by atoms with van der Waals surface area (Å²) in [7, 11) is 1.25. The standard InChI is InChI=1S/C20H18NO4/c1-25-20(24)18(13-16-10-6-3-7-11-16)21-19(23)17(14-22)12-15-8-4-2-5-9-15/h2-12,18H,13H2,1H3,(H,21,23). The lowest BCUT2D eigenvalue weighted by atomic mass is 10.1. The monoisotopic (exact) mass is 336 g/mol. The van der Waals surface area contributed by atoms with Gasteiger partial charge in [-0.25, -0.2) is 4.79 Å². The average Bonchev–Trinajstić information content (AvgIpc) is 2.66. The van der Waals surface area contributed by atoms with Crippen molar-refractivity contribution >= 4 is 24.2 Å². The number of amides is 1. The Hall–Kier alpha value is -3.21. The average molecular weight is 336 g/mol. The highest BCUT2D eigenvalue weighted by atomic mass is 16.5. The second-order valence-corrected chi connectivity index (χ2v) is 5.31. The fourth-order valence-electron chi connectivity index (χ4n) is 2.28. The maximum Gasteiger partial charge on any atom is 0.328 e. The van der Waals surface area contributed by atoms with Gasteiger partial charge in [0.25, 0.3) is 5.91 Å². The molecule has 25 heavy (non-hydrogen) atoms. The summed E-state index contributed by atoms with van der Waals surface area (Å²) in [5.74, 6) is -1.26. The Balaban J connectivity index is 2.16. The van der Waals surface area contributed by atoms with Crippen LogP contribution in [0.25, 0.3) is 6.08 Å². The Bertz CT molecular complexity index is 754. The van der Waals surface area contributed by atoms with E-state index in [1.54, 1.807) is 30.6 Å². The maximum absolute atomic E-state index is 12.3. The molecule has 0 aromatic heterocycles. The Labute approximate surface area is 146 Å². The Morgan fingerprint density at radius 2 is 1.68 bits per heavy atom. The molecule has 1 radical (unpaired) electrons. The Morgan fingerprint density at radius 3 is 2.24 bits per heavy atom. The summed E-state index contributed by atoms with van der Waals surface area (Å²) >= 11 is 0. The van der Waals surface area contributed by atoms with Crippen LogP contribution in [-0.4, -0.2) is 31.3 Å². The number of methoxy groups -OCH3 is 1. The van der Waals surface area contributed by atoms with Crippen LogP contribution in [-0.2, 0) is 25.5 Å². The van der Waals surface area contributed by atoms with Crippen LogP contribution in [0.5, 0.6) is 0 Å². The molecule has 0 saturated heterocycles. The number of nitrogens with one attached hydrogen (secondary N) is 1. The smallest absolute Gasteiger partial charge is 0.328 e. The van der Waals surface area contributed by atoms with Crippen LogP contribution >= 0.6 is 0 Å². The summed E-state index contributed by atoms with van der Waals surface area (Å²) < 4.78 is 4.75. The van der Waals surface area contributed by atoms with Crippen molar-refractivity contribution in [2.45, 2.75) is 12.5 Å². The van der Waals surface area contributed by atoms with Gasteiger partial charge in [-0.05, 0) is 17.2 Å². The molecule has 0 spiro atoms. The highest BCUT2D eigenvalue weighted by Crippen LogP contribution is 2.08. The molecule has 2 aromatic carbocycles. The predicted octanol–water partition coefficient (Wildman–Crippen LogP) is 2.08. The number of benzene rings is 2. The van der Waals surface area contributed by atoms with E-state index in [0.717, 1.165) is 5.56 Å².